The number of sulfone groups is 1. The Morgan fingerprint density at radius 3 is 2.47 bits per heavy atom. The van der Waals surface area contributed by atoms with E-state index in [0.717, 1.165) is 25.1 Å². The first-order valence-electron chi connectivity index (χ1n) is 5.67. The zero-order valence-corrected chi connectivity index (χ0v) is 11.4. The minimum atomic E-state index is -3.18. The lowest BCUT2D eigenvalue weighted by Gasteiger charge is -2.21. The second-order valence-corrected chi connectivity index (χ2v) is 6.28. The highest BCUT2D eigenvalue weighted by atomic mass is 32.2. The van der Waals surface area contributed by atoms with Gasteiger partial charge in [0.1, 0.15) is 0 Å². The molecule has 0 aliphatic carbocycles. The third-order valence-electron chi connectivity index (χ3n) is 2.69. The zero-order chi connectivity index (χ0) is 13.1. The van der Waals surface area contributed by atoms with Crippen LogP contribution in [-0.4, -0.2) is 28.3 Å². The molecule has 0 amide bonds. The van der Waals surface area contributed by atoms with Gasteiger partial charge in [-0.1, -0.05) is 13.3 Å². The molecule has 1 aromatic carbocycles. The number of hydrogen-bond donors (Lipinski definition) is 1. The van der Waals surface area contributed by atoms with Crippen molar-refractivity contribution in [1.29, 1.82) is 0 Å². The van der Waals surface area contributed by atoms with Gasteiger partial charge in [0.2, 0.25) is 0 Å². The Morgan fingerprint density at radius 1 is 1.35 bits per heavy atom. The van der Waals surface area contributed by atoms with E-state index in [1.807, 2.05) is 11.9 Å². The molecule has 1 rings (SSSR count). The van der Waals surface area contributed by atoms with Crippen molar-refractivity contribution in [3.05, 3.63) is 18.2 Å². The fraction of sp³-hybridized carbons (Fsp3) is 0.500. The van der Waals surface area contributed by atoms with Crippen LogP contribution in [0.2, 0.25) is 0 Å². The second-order valence-electron chi connectivity index (χ2n) is 4.27. The molecule has 0 heterocycles. The summed E-state index contributed by atoms with van der Waals surface area (Å²) < 4.78 is 22.7. The molecule has 0 spiro atoms. The van der Waals surface area contributed by atoms with Gasteiger partial charge in [0, 0.05) is 19.8 Å². The zero-order valence-electron chi connectivity index (χ0n) is 10.6. The summed E-state index contributed by atoms with van der Waals surface area (Å²) in [5.74, 6) is 0. The van der Waals surface area contributed by atoms with Crippen molar-refractivity contribution >= 4 is 21.2 Å². The third kappa shape index (κ3) is 3.63. The van der Waals surface area contributed by atoms with E-state index in [2.05, 4.69) is 6.92 Å². The largest absolute Gasteiger partial charge is 0.397 e. The molecule has 0 radical (unpaired) electrons. The molecule has 0 bridgehead atoms. The van der Waals surface area contributed by atoms with Crippen molar-refractivity contribution in [3.63, 3.8) is 0 Å². The summed E-state index contributed by atoms with van der Waals surface area (Å²) in [4.78, 5) is 2.31. The Bertz CT molecular complexity index is 483. The molecule has 0 saturated carbocycles. The molecule has 1 aromatic rings. The quantitative estimate of drug-likeness (QED) is 0.817. The number of rotatable bonds is 5. The maximum Gasteiger partial charge on any atom is 0.175 e. The first-order chi connectivity index (χ1) is 7.86. The van der Waals surface area contributed by atoms with Gasteiger partial charge in [0.25, 0.3) is 0 Å². The van der Waals surface area contributed by atoms with E-state index in [9.17, 15) is 8.42 Å². The average molecular weight is 256 g/mol. The summed E-state index contributed by atoms with van der Waals surface area (Å²) >= 11 is 0. The highest BCUT2D eigenvalue weighted by molar-refractivity contribution is 7.90. The molecule has 0 aromatic heterocycles. The topological polar surface area (TPSA) is 63.4 Å². The van der Waals surface area contributed by atoms with E-state index in [1.54, 1.807) is 12.1 Å². The van der Waals surface area contributed by atoms with Crippen LogP contribution >= 0.6 is 0 Å². The van der Waals surface area contributed by atoms with Crippen LogP contribution in [0.5, 0.6) is 0 Å². The van der Waals surface area contributed by atoms with Crippen LogP contribution in [0.3, 0.4) is 0 Å². The molecule has 0 atom stereocenters. The van der Waals surface area contributed by atoms with Crippen LogP contribution in [0.1, 0.15) is 19.8 Å². The number of nitrogen functional groups attached to an aromatic ring is 1. The molecule has 0 unspecified atom stereocenters. The molecular weight excluding hydrogens is 236 g/mol. The molecule has 5 heteroatoms. The third-order valence-corrected chi connectivity index (χ3v) is 3.80. The monoisotopic (exact) mass is 256 g/mol. The SMILES string of the molecule is CCCCN(C)c1ccc(S(C)(=O)=O)cc1N. The van der Waals surface area contributed by atoms with Crippen LogP contribution < -0.4 is 10.6 Å². The fourth-order valence-electron chi connectivity index (χ4n) is 1.63. The minimum absolute atomic E-state index is 0.266. The second kappa shape index (κ2) is 5.40. The van der Waals surface area contributed by atoms with Crippen molar-refractivity contribution in [2.75, 3.05) is 30.5 Å². The molecule has 0 saturated heterocycles. The maximum absolute atomic E-state index is 11.4. The van der Waals surface area contributed by atoms with Crippen LogP contribution in [0.25, 0.3) is 0 Å². The lowest BCUT2D eigenvalue weighted by Crippen LogP contribution is -2.19. The summed E-state index contributed by atoms with van der Waals surface area (Å²) in [7, 11) is -1.22. The van der Waals surface area contributed by atoms with Crippen molar-refractivity contribution in [3.8, 4) is 0 Å². The van der Waals surface area contributed by atoms with Gasteiger partial charge in [-0.05, 0) is 24.6 Å². The number of anilines is 2. The summed E-state index contributed by atoms with van der Waals surface area (Å²) in [5.41, 5.74) is 7.27. The maximum atomic E-state index is 11.4. The van der Waals surface area contributed by atoms with Gasteiger partial charge >= 0.3 is 0 Å². The Labute approximate surface area is 103 Å². The first kappa shape index (κ1) is 13.8. The van der Waals surface area contributed by atoms with Crippen molar-refractivity contribution in [2.24, 2.45) is 0 Å². The number of nitrogens with zero attached hydrogens (tertiary/aromatic N) is 1. The van der Waals surface area contributed by atoms with Crippen molar-refractivity contribution < 1.29 is 8.42 Å². The van der Waals surface area contributed by atoms with Crippen molar-refractivity contribution in [1.82, 2.24) is 0 Å². The van der Waals surface area contributed by atoms with Gasteiger partial charge in [0.15, 0.2) is 9.84 Å². The molecule has 0 aliphatic rings. The standard InChI is InChI=1S/C12H20N2O2S/c1-4-5-8-14(2)12-7-6-10(9-11(12)13)17(3,15)16/h6-7,9H,4-5,8,13H2,1-3H3. The van der Waals surface area contributed by atoms with Gasteiger partial charge in [-0.3, -0.25) is 0 Å². The number of benzene rings is 1. The highest BCUT2D eigenvalue weighted by Gasteiger charge is 2.11. The van der Waals surface area contributed by atoms with Gasteiger partial charge in [-0.15, -0.1) is 0 Å². The van der Waals surface area contributed by atoms with E-state index in [0.29, 0.717) is 5.69 Å². The minimum Gasteiger partial charge on any atom is -0.397 e. The van der Waals surface area contributed by atoms with Gasteiger partial charge < -0.3 is 10.6 Å². The molecule has 17 heavy (non-hydrogen) atoms. The van der Waals surface area contributed by atoms with Gasteiger partial charge in [0.05, 0.1) is 16.3 Å². The summed E-state index contributed by atoms with van der Waals surface area (Å²) in [6.07, 6.45) is 3.39. The Kier molecular flexibility index (Phi) is 4.40. The summed E-state index contributed by atoms with van der Waals surface area (Å²) in [6.45, 7) is 3.04. The smallest absolute Gasteiger partial charge is 0.175 e. The Balaban J connectivity index is 2.98. The van der Waals surface area contributed by atoms with Gasteiger partial charge in [-0.2, -0.15) is 0 Å². The molecule has 0 aliphatic heterocycles. The predicted molar refractivity (Wildman–Crippen MR) is 72.1 cm³/mol. The van der Waals surface area contributed by atoms with E-state index in [1.165, 1.54) is 12.3 Å². The normalized spacial score (nSPS) is 11.5. The fourth-order valence-corrected chi connectivity index (χ4v) is 2.28. The highest BCUT2D eigenvalue weighted by Crippen LogP contribution is 2.25. The van der Waals surface area contributed by atoms with Crippen LogP contribution in [0, 0.1) is 0 Å². The van der Waals surface area contributed by atoms with E-state index in [4.69, 9.17) is 5.73 Å². The van der Waals surface area contributed by atoms with Gasteiger partial charge in [-0.25, -0.2) is 8.42 Å². The number of hydrogen-bond acceptors (Lipinski definition) is 4. The van der Waals surface area contributed by atoms with E-state index < -0.39 is 9.84 Å². The number of unbranched alkanes of at least 4 members (excludes halogenated alkanes) is 1. The summed E-state index contributed by atoms with van der Waals surface area (Å²) in [6, 6.07) is 4.89. The first-order valence-corrected chi connectivity index (χ1v) is 7.56. The molecule has 0 fully saturated rings. The van der Waals surface area contributed by atoms with Crippen LogP contribution in [0.4, 0.5) is 11.4 Å². The van der Waals surface area contributed by atoms with Crippen LogP contribution in [-0.2, 0) is 9.84 Å². The van der Waals surface area contributed by atoms with Crippen LogP contribution in [0.15, 0.2) is 23.1 Å². The van der Waals surface area contributed by atoms with E-state index >= 15 is 0 Å². The average Bonchev–Trinajstić information content (AvgIpc) is 2.24. The van der Waals surface area contributed by atoms with E-state index in [-0.39, 0.29) is 4.90 Å². The molecule has 96 valence electrons. The summed E-state index contributed by atoms with van der Waals surface area (Å²) in [5, 5.41) is 0. The lowest BCUT2D eigenvalue weighted by atomic mass is 10.2. The molecule has 4 nitrogen and oxygen atoms in total. The lowest BCUT2D eigenvalue weighted by molar-refractivity contribution is 0.602. The van der Waals surface area contributed by atoms with Crippen molar-refractivity contribution in [2.45, 2.75) is 24.7 Å². The Hall–Kier alpha value is -1.23. The predicted octanol–water partition coefficient (Wildman–Crippen LogP) is 1.91. The molecular formula is C12H20N2O2S. The number of nitrogens with two attached hydrogens (primary N) is 1. The Morgan fingerprint density at radius 2 is 2.00 bits per heavy atom. The molecule has 2 N–H and O–H groups in total.